The Bertz CT molecular complexity index is 390. The van der Waals surface area contributed by atoms with E-state index < -0.39 is 0 Å². The Morgan fingerprint density at radius 1 is 1.47 bits per heavy atom. The first-order valence-electron chi connectivity index (χ1n) is 6.03. The number of hydrogen-bond acceptors (Lipinski definition) is 2. The van der Waals surface area contributed by atoms with Crippen LogP contribution in [0.15, 0.2) is 18.2 Å². The van der Waals surface area contributed by atoms with Crippen molar-refractivity contribution in [1.29, 1.82) is 0 Å². The third-order valence-corrected chi connectivity index (χ3v) is 2.92. The van der Waals surface area contributed by atoms with Gasteiger partial charge in [-0.15, -0.1) is 0 Å². The van der Waals surface area contributed by atoms with Crippen molar-refractivity contribution >= 4 is 5.78 Å². The molecule has 1 aromatic carbocycles. The highest BCUT2D eigenvalue weighted by Crippen LogP contribution is 2.13. The summed E-state index contributed by atoms with van der Waals surface area (Å²) in [7, 11) is 0. The second-order valence-electron chi connectivity index (χ2n) is 4.42. The van der Waals surface area contributed by atoms with Crippen LogP contribution in [0.5, 0.6) is 0 Å². The number of ketones is 1. The zero-order valence-corrected chi connectivity index (χ0v) is 10.7. The zero-order chi connectivity index (χ0) is 12.8. The largest absolute Gasteiger partial charge is 0.316 e. The highest BCUT2D eigenvalue weighted by Gasteiger charge is 2.14. The quantitative estimate of drug-likeness (QED) is 0.823. The normalized spacial score (nSPS) is 12.5. The first-order valence-corrected chi connectivity index (χ1v) is 6.03. The molecular formula is C14H20FNO. The van der Waals surface area contributed by atoms with Gasteiger partial charge in [0.2, 0.25) is 0 Å². The first kappa shape index (κ1) is 13.8. The number of aryl methyl sites for hydroxylation is 1. The van der Waals surface area contributed by atoms with Gasteiger partial charge in [-0.05, 0) is 36.7 Å². The fourth-order valence-corrected chi connectivity index (χ4v) is 1.69. The average molecular weight is 237 g/mol. The third kappa shape index (κ3) is 4.27. The number of carbonyl (C=O) groups excluding carboxylic acids is 1. The highest BCUT2D eigenvalue weighted by atomic mass is 19.1. The summed E-state index contributed by atoms with van der Waals surface area (Å²) in [6, 6.07) is 4.57. The summed E-state index contributed by atoms with van der Waals surface area (Å²) < 4.78 is 12.9. The van der Waals surface area contributed by atoms with Crippen LogP contribution in [0, 0.1) is 18.7 Å². The van der Waals surface area contributed by atoms with Crippen LogP contribution in [0.4, 0.5) is 4.39 Å². The molecule has 0 fully saturated rings. The summed E-state index contributed by atoms with van der Waals surface area (Å²) in [4.78, 5) is 11.9. The average Bonchev–Trinajstić information content (AvgIpc) is 2.29. The van der Waals surface area contributed by atoms with Gasteiger partial charge in [0.15, 0.2) is 0 Å². The Labute approximate surface area is 102 Å². The molecule has 0 aliphatic carbocycles. The molecule has 0 aliphatic heterocycles. The minimum atomic E-state index is -0.251. The predicted octanol–water partition coefficient (Wildman–Crippen LogP) is 2.49. The fourth-order valence-electron chi connectivity index (χ4n) is 1.69. The van der Waals surface area contributed by atoms with Gasteiger partial charge in [-0.2, -0.15) is 0 Å². The van der Waals surface area contributed by atoms with E-state index in [-0.39, 0.29) is 17.5 Å². The maximum Gasteiger partial charge on any atom is 0.141 e. The lowest BCUT2D eigenvalue weighted by atomic mass is 9.96. The van der Waals surface area contributed by atoms with E-state index in [2.05, 4.69) is 5.32 Å². The SMILES string of the molecule is CCNCC(C)C(=O)Cc1ccc(F)cc1C. The van der Waals surface area contributed by atoms with E-state index in [1.165, 1.54) is 12.1 Å². The molecule has 2 nitrogen and oxygen atoms in total. The summed E-state index contributed by atoms with van der Waals surface area (Å²) in [6.45, 7) is 7.34. The van der Waals surface area contributed by atoms with Gasteiger partial charge < -0.3 is 5.32 Å². The standard InChI is InChI=1S/C14H20FNO/c1-4-16-9-11(3)14(17)8-12-5-6-13(15)7-10(12)2/h5-7,11,16H,4,8-9H2,1-3H3. The van der Waals surface area contributed by atoms with Crippen LogP contribution < -0.4 is 5.32 Å². The van der Waals surface area contributed by atoms with Gasteiger partial charge in [0, 0.05) is 18.9 Å². The van der Waals surface area contributed by atoms with Gasteiger partial charge in [0.25, 0.3) is 0 Å². The lowest BCUT2D eigenvalue weighted by molar-refractivity contribution is -0.121. The molecule has 1 atom stereocenters. The van der Waals surface area contributed by atoms with Crippen LogP contribution in [0.25, 0.3) is 0 Å². The summed E-state index contributed by atoms with van der Waals surface area (Å²) in [5.74, 6) is -0.0561. The molecule has 0 radical (unpaired) electrons. The molecule has 0 aliphatic rings. The Morgan fingerprint density at radius 2 is 2.18 bits per heavy atom. The van der Waals surface area contributed by atoms with E-state index in [9.17, 15) is 9.18 Å². The Balaban J connectivity index is 2.61. The van der Waals surface area contributed by atoms with Gasteiger partial charge in [-0.25, -0.2) is 4.39 Å². The third-order valence-electron chi connectivity index (χ3n) is 2.92. The van der Waals surface area contributed by atoms with E-state index in [4.69, 9.17) is 0 Å². The van der Waals surface area contributed by atoms with Crippen molar-refractivity contribution in [3.63, 3.8) is 0 Å². The molecule has 0 spiro atoms. The number of benzene rings is 1. The number of carbonyl (C=O) groups is 1. The number of nitrogens with one attached hydrogen (secondary N) is 1. The summed E-state index contributed by atoms with van der Waals surface area (Å²) >= 11 is 0. The lowest BCUT2D eigenvalue weighted by Gasteiger charge is -2.12. The molecule has 17 heavy (non-hydrogen) atoms. The molecular weight excluding hydrogens is 217 g/mol. The second-order valence-corrected chi connectivity index (χ2v) is 4.42. The smallest absolute Gasteiger partial charge is 0.141 e. The number of hydrogen-bond donors (Lipinski definition) is 1. The van der Waals surface area contributed by atoms with Crippen molar-refractivity contribution in [3.05, 3.63) is 35.1 Å². The van der Waals surface area contributed by atoms with Crippen LogP contribution in [0.2, 0.25) is 0 Å². The summed E-state index contributed by atoms with van der Waals surface area (Å²) in [5.41, 5.74) is 1.76. The Morgan fingerprint density at radius 3 is 2.76 bits per heavy atom. The molecule has 0 amide bonds. The van der Waals surface area contributed by atoms with Crippen LogP contribution >= 0.6 is 0 Å². The van der Waals surface area contributed by atoms with Crippen molar-refractivity contribution in [2.75, 3.05) is 13.1 Å². The van der Waals surface area contributed by atoms with Crippen LogP contribution in [0.3, 0.4) is 0 Å². The molecule has 3 heteroatoms. The van der Waals surface area contributed by atoms with Crippen molar-refractivity contribution in [1.82, 2.24) is 5.32 Å². The Hall–Kier alpha value is -1.22. The molecule has 1 unspecified atom stereocenters. The van der Waals surface area contributed by atoms with Crippen LogP contribution in [0.1, 0.15) is 25.0 Å². The molecule has 0 bridgehead atoms. The molecule has 1 N–H and O–H groups in total. The number of rotatable bonds is 6. The van der Waals surface area contributed by atoms with Crippen molar-refractivity contribution in [3.8, 4) is 0 Å². The maximum absolute atomic E-state index is 12.9. The first-order chi connectivity index (χ1) is 8.04. The summed E-state index contributed by atoms with van der Waals surface area (Å²) in [5, 5.41) is 3.16. The number of Topliss-reactive ketones (excluding diaryl/α,β-unsaturated/α-hetero) is 1. The molecule has 1 rings (SSSR count). The fraction of sp³-hybridized carbons (Fsp3) is 0.500. The molecule has 0 saturated carbocycles. The van der Waals surface area contributed by atoms with Crippen LogP contribution in [-0.2, 0) is 11.2 Å². The molecule has 0 aromatic heterocycles. The lowest BCUT2D eigenvalue weighted by Crippen LogP contribution is -2.27. The topological polar surface area (TPSA) is 29.1 Å². The maximum atomic E-state index is 12.9. The van der Waals surface area contributed by atoms with E-state index in [0.717, 1.165) is 17.7 Å². The molecule has 94 valence electrons. The zero-order valence-electron chi connectivity index (χ0n) is 10.7. The predicted molar refractivity (Wildman–Crippen MR) is 67.6 cm³/mol. The Kier molecular flexibility index (Phi) is 5.29. The van der Waals surface area contributed by atoms with E-state index in [1.807, 2.05) is 20.8 Å². The van der Waals surface area contributed by atoms with Gasteiger partial charge in [-0.3, -0.25) is 4.79 Å². The van der Waals surface area contributed by atoms with Crippen molar-refractivity contribution in [2.45, 2.75) is 27.2 Å². The minimum Gasteiger partial charge on any atom is -0.316 e. The van der Waals surface area contributed by atoms with E-state index in [1.54, 1.807) is 6.07 Å². The van der Waals surface area contributed by atoms with E-state index in [0.29, 0.717) is 13.0 Å². The number of halogens is 1. The molecule has 1 aromatic rings. The minimum absolute atomic E-state index is 0.000553. The second kappa shape index (κ2) is 6.50. The van der Waals surface area contributed by atoms with Crippen molar-refractivity contribution < 1.29 is 9.18 Å². The van der Waals surface area contributed by atoms with Gasteiger partial charge >= 0.3 is 0 Å². The monoisotopic (exact) mass is 237 g/mol. The molecule has 0 heterocycles. The van der Waals surface area contributed by atoms with E-state index >= 15 is 0 Å². The van der Waals surface area contributed by atoms with Gasteiger partial charge in [0.05, 0.1) is 0 Å². The van der Waals surface area contributed by atoms with Crippen LogP contribution in [-0.4, -0.2) is 18.9 Å². The van der Waals surface area contributed by atoms with Gasteiger partial charge in [0.1, 0.15) is 11.6 Å². The summed E-state index contributed by atoms with van der Waals surface area (Å²) in [6.07, 6.45) is 0.388. The van der Waals surface area contributed by atoms with Crippen molar-refractivity contribution in [2.24, 2.45) is 5.92 Å². The highest BCUT2D eigenvalue weighted by molar-refractivity contribution is 5.83. The molecule has 0 saturated heterocycles. The van der Waals surface area contributed by atoms with Gasteiger partial charge in [-0.1, -0.05) is 19.9 Å².